The van der Waals surface area contributed by atoms with Crippen molar-refractivity contribution in [3.05, 3.63) is 23.5 Å². The maximum absolute atomic E-state index is 14.7. The molecule has 4 atom stereocenters. The molecule has 6 nitrogen and oxygen atoms in total. The van der Waals surface area contributed by atoms with Crippen LogP contribution in [0.15, 0.2) is 17.0 Å². The minimum absolute atomic E-state index is 0.0836. The highest BCUT2D eigenvalue weighted by Crippen LogP contribution is 2.35. The van der Waals surface area contributed by atoms with E-state index in [0.717, 1.165) is 17.0 Å². The van der Waals surface area contributed by atoms with Gasteiger partial charge in [-0.25, -0.2) is 13.2 Å². The van der Waals surface area contributed by atoms with Gasteiger partial charge in [-0.1, -0.05) is 0 Å². The Bertz CT molecular complexity index is 850. The lowest BCUT2D eigenvalue weighted by molar-refractivity contribution is -0.118. The molecule has 1 aromatic carbocycles. The second-order valence-corrected chi connectivity index (χ2v) is 7.89. The quantitative estimate of drug-likeness (QED) is 0.437. The van der Waals surface area contributed by atoms with Crippen molar-refractivity contribution in [2.75, 3.05) is 17.2 Å². The summed E-state index contributed by atoms with van der Waals surface area (Å²) in [4.78, 5) is 35.6. The molecule has 0 aromatic heterocycles. The molecule has 30 heavy (non-hydrogen) atoms. The fourth-order valence-electron chi connectivity index (χ4n) is 3.33. The normalized spacial score (nSPS) is 23.6. The molecule has 4 unspecified atom stereocenters. The van der Waals surface area contributed by atoms with Gasteiger partial charge in [0.2, 0.25) is 0 Å². The number of hydrogen-bond acceptors (Lipinski definition) is 6. The molecule has 1 aromatic rings. The van der Waals surface area contributed by atoms with Crippen LogP contribution >= 0.6 is 0 Å². The Hall–Kier alpha value is -2.28. The topological polar surface area (TPSA) is 74.8 Å². The molecule has 1 saturated heterocycles. The van der Waals surface area contributed by atoms with Crippen molar-refractivity contribution in [1.82, 2.24) is 4.90 Å². The number of benzene rings is 1. The molecule has 0 N–H and O–H groups in total. The predicted octanol–water partition coefficient (Wildman–Crippen LogP) is 1.85. The van der Waals surface area contributed by atoms with Crippen molar-refractivity contribution < 1.29 is 44.9 Å². The number of nitrogens with zero attached hydrogens (tertiary/aromatic N) is 2. The molecule has 1 aliphatic rings. The number of aryl methyl sites for hydroxylation is 1. The number of hydrogen-bond donors (Lipinski definition) is 0. The number of aldehydes is 3. The first kappa shape index (κ1) is 24.0. The minimum atomic E-state index is -4.78. The van der Waals surface area contributed by atoms with Gasteiger partial charge in [-0.2, -0.15) is 13.2 Å². The van der Waals surface area contributed by atoms with Crippen molar-refractivity contribution in [3.63, 3.8) is 0 Å². The molecule has 13 heteroatoms. The smallest absolute Gasteiger partial charge is 0.335 e. The van der Waals surface area contributed by atoms with Gasteiger partial charge in [0.25, 0.3) is 6.43 Å². The monoisotopic (exact) mass is 458 g/mol. The molecule has 1 heterocycles. The van der Waals surface area contributed by atoms with E-state index in [0.29, 0.717) is 4.90 Å². The van der Waals surface area contributed by atoms with E-state index in [1.54, 1.807) is 0 Å². The Morgan fingerprint density at radius 1 is 1.10 bits per heavy atom. The summed E-state index contributed by atoms with van der Waals surface area (Å²) < 4.78 is 90.5. The SMILES string of the molecule is Cc1cc(F)c(N2C(C=O)C(C=O)N(CC(F)F)C2C=O)cc1S(=O)CC(F)(F)F. The lowest BCUT2D eigenvalue weighted by atomic mass is 10.1. The van der Waals surface area contributed by atoms with Gasteiger partial charge in [-0.3, -0.25) is 13.9 Å². The molecule has 0 spiro atoms. The summed E-state index contributed by atoms with van der Waals surface area (Å²) in [6.45, 7) is 0.125. The predicted molar refractivity (Wildman–Crippen MR) is 93.2 cm³/mol. The number of alkyl halides is 5. The van der Waals surface area contributed by atoms with E-state index in [9.17, 15) is 44.9 Å². The summed E-state index contributed by atoms with van der Waals surface area (Å²) in [5.74, 6) is -2.82. The summed E-state index contributed by atoms with van der Waals surface area (Å²) >= 11 is 0. The molecule has 0 aliphatic carbocycles. The Morgan fingerprint density at radius 3 is 2.17 bits per heavy atom. The van der Waals surface area contributed by atoms with Gasteiger partial charge in [-0.15, -0.1) is 0 Å². The van der Waals surface area contributed by atoms with E-state index < -0.39 is 70.3 Å². The van der Waals surface area contributed by atoms with E-state index in [1.165, 1.54) is 6.92 Å². The third-order valence-electron chi connectivity index (χ3n) is 4.49. The van der Waals surface area contributed by atoms with Gasteiger partial charge in [0.1, 0.15) is 36.4 Å². The van der Waals surface area contributed by atoms with Gasteiger partial charge < -0.3 is 14.5 Å². The first-order chi connectivity index (χ1) is 13.9. The lowest BCUT2D eigenvalue weighted by Gasteiger charge is -2.29. The van der Waals surface area contributed by atoms with Crippen LogP contribution < -0.4 is 4.90 Å². The van der Waals surface area contributed by atoms with Crippen LogP contribution in [-0.4, -0.2) is 71.1 Å². The van der Waals surface area contributed by atoms with Gasteiger partial charge in [-0.05, 0) is 24.6 Å². The maximum Gasteiger partial charge on any atom is 0.400 e. The lowest BCUT2D eigenvalue weighted by Crippen LogP contribution is -2.45. The highest BCUT2D eigenvalue weighted by molar-refractivity contribution is 7.85. The molecular formula is C17H16F6N2O4S. The van der Waals surface area contributed by atoms with E-state index in [-0.39, 0.29) is 24.4 Å². The maximum atomic E-state index is 14.7. The third kappa shape index (κ3) is 4.89. The summed E-state index contributed by atoms with van der Waals surface area (Å²) in [6, 6.07) is -1.57. The summed E-state index contributed by atoms with van der Waals surface area (Å²) in [5.41, 5.74) is -0.691. The molecule has 0 radical (unpaired) electrons. The average molecular weight is 458 g/mol. The van der Waals surface area contributed by atoms with E-state index in [1.807, 2.05) is 0 Å². The van der Waals surface area contributed by atoms with Crippen molar-refractivity contribution in [2.24, 2.45) is 0 Å². The molecule has 0 saturated carbocycles. The van der Waals surface area contributed by atoms with Crippen LogP contribution in [0, 0.1) is 12.7 Å². The first-order valence-electron chi connectivity index (χ1n) is 8.38. The number of anilines is 1. The van der Waals surface area contributed by atoms with Crippen LogP contribution in [0.1, 0.15) is 5.56 Å². The van der Waals surface area contributed by atoms with E-state index in [4.69, 9.17) is 0 Å². The highest BCUT2D eigenvalue weighted by atomic mass is 32.2. The standard InChI is InChI=1S/C17H16F6N2O4S/c1-9-2-10(18)11(3-14(9)30(29)8-17(21,22)23)25-13(6-27)12(5-26)24(4-15(19)20)16(25)7-28/h2-3,5-7,12-13,15-16H,4,8H2,1H3. The first-order valence-corrected chi connectivity index (χ1v) is 9.70. The van der Waals surface area contributed by atoms with Gasteiger partial charge >= 0.3 is 6.18 Å². The molecule has 1 fully saturated rings. The molecule has 0 amide bonds. The third-order valence-corrected chi connectivity index (χ3v) is 6.01. The molecule has 2 rings (SSSR count). The zero-order chi connectivity index (χ0) is 22.8. The van der Waals surface area contributed by atoms with Crippen molar-refractivity contribution in [3.8, 4) is 0 Å². The second-order valence-electron chi connectivity index (χ2n) is 6.47. The van der Waals surface area contributed by atoms with Gasteiger partial charge in [0.15, 0.2) is 6.29 Å². The minimum Gasteiger partial charge on any atom is -0.335 e. The van der Waals surface area contributed by atoms with Crippen LogP contribution in [0.5, 0.6) is 0 Å². The van der Waals surface area contributed by atoms with Crippen LogP contribution in [0.25, 0.3) is 0 Å². The highest BCUT2D eigenvalue weighted by Gasteiger charge is 2.49. The summed E-state index contributed by atoms with van der Waals surface area (Å²) in [5, 5.41) is 0. The molecule has 0 bridgehead atoms. The van der Waals surface area contributed by atoms with Crippen LogP contribution in [0.2, 0.25) is 0 Å². The van der Waals surface area contributed by atoms with Crippen molar-refractivity contribution in [2.45, 2.75) is 42.7 Å². The molecule has 166 valence electrons. The molecule has 1 aliphatic heterocycles. The van der Waals surface area contributed by atoms with Crippen LogP contribution in [-0.2, 0) is 25.2 Å². The Labute approximate surface area is 169 Å². The number of rotatable bonds is 8. The Kier molecular flexibility index (Phi) is 7.40. The Balaban J connectivity index is 2.60. The van der Waals surface area contributed by atoms with Crippen LogP contribution in [0.3, 0.4) is 0 Å². The number of halogens is 6. The van der Waals surface area contributed by atoms with Crippen molar-refractivity contribution >= 4 is 35.3 Å². The number of carbonyl (C=O) groups excluding carboxylic acids is 3. The number of carbonyl (C=O) groups is 3. The fourth-order valence-corrected chi connectivity index (χ4v) is 4.44. The van der Waals surface area contributed by atoms with E-state index in [2.05, 4.69) is 0 Å². The van der Waals surface area contributed by atoms with E-state index >= 15 is 0 Å². The van der Waals surface area contributed by atoms with Crippen LogP contribution in [0.4, 0.5) is 32.0 Å². The largest absolute Gasteiger partial charge is 0.400 e. The summed E-state index contributed by atoms with van der Waals surface area (Å²) in [7, 11) is -2.64. The van der Waals surface area contributed by atoms with Crippen molar-refractivity contribution in [1.29, 1.82) is 0 Å². The Morgan fingerprint density at radius 2 is 1.70 bits per heavy atom. The zero-order valence-electron chi connectivity index (χ0n) is 15.3. The average Bonchev–Trinajstić information content (AvgIpc) is 2.91. The summed E-state index contributed by atoms with van der Waals surface area (Å²) in [6.07, 6.45) is -9.06. The second kappa shape index (κ2) is 9.25. The zero-order valence-corrected chi connectivity index (χ0v) is 16.1. The fraction of sp³-hybridized carbons (Fsp3) is 0.471. The van der Waals surface area contributed by atoms with Gasteiger partial charge in [0, 0.05) is 4.90 Å². The molecular weight excluding hydrogens is 442 g/mol. The van der Waals surface area contributed by atoms with Gasteiger partial charge in [0.05, 0.1) is 29.1 Å².